The molecule has 2 bridgehead atoms. The maximum Gasteiger partial charge on any atom is 0.348 e. The van der Waals surface area contributed by atoms with Crippen LogP contribution in [-0.2, 0) is 12.6 Å². The van der Waals surface area contributed by atoms with E-state index in [9.17, 15) is 9.59 Å². The van der Waals surface area contributed by atoms with Crippen LogP contribution in [0.5, 0.6) is 0 Å². The lowest BCUT2D eigenvalue weighted by atomic mass is 9.56. The first-order valence-electron chi connectivity index (χ1n) is 8.50. The van der Waals surface area contributed by atoms with Gasteiger partial charge in [-0.2, -0.15) is 0 Å². The van der Waals surface area contributed by atoms with Gasteiger partial charge < -0.3 is 0 Å². The molecule has 0 saturated heterocycles. The smallest absolute Gasteiger partial charge is 0.246 e. The van der Waals surface area contributed by atoms with Crippen molar-refractivity contribution in [1.29, 1.82) is 0 Å². The minimum atomic E-state index is -0.608. The fourth-order valence-corrected chi connectivity index (χ4v) is 4.52. The number of nitrogens with zero attached hydrogens (tertiary/aromatic N) is 3. The van der Waals surface area contributed by atoms with E-state index in [1.807, 2.05) is 0 Å². The number of hydrogen-bond acceptors (Lipinski definition) is 2. The van der Waals surface area contributed by atoms with Gasteiger partial charge in [-0.1, -0.05) is 59.8 Å². The van der Waals surface area contributed by atoms with Crippen LogP contribution >= 0.6 is 0 Å². The zero-order valence-corrected chi connectivity index (χ0v) is 15.5. The van der Waals surface area contributed by atoms with Gasteiger partial charge >= 0.3 is 11.4 Å². The van der Waals surface area contributed by atoms with Gasteiger partial charge in [0.05, 0.1) is 6.04 Å². The van der Waals surface area contributed by atoms with Crippen LogP contribution in [0.15, 0.2) is 44.5 Å². The average molecular weight is 327 g/mol. The van der Waals surface area contributed by atoms with Crippen LogP contribution in [-0.4, -0.2) is 13.9 Å². The number of aromatic nitrogens is 3. The van der Waals surface area contributed by atoms with E-state index in [0.29, 0.717) is 0 Å². The molecule has 0 aromatic carbocycles. The highest BCUT2D eigenvalue weighted by molar-refractivity contribution is 5.66. The Morgan fingerprint density at radius 2 is 1.67 bits per heavy atom. The predicted molar refractivity (Wildman–Crippen MR) is 94.1 cm³/mol. The summed E-state index contributed by atoms with van der Waals surface area (Å²) in [5.74, 6) is 0. The molecule has 2 aliphatic heterocycles. The molecule has 2 aliphatic carbocycles. The fourth-order valence-electron chi connectivity index (χ4n) is 4.52. The van der Waals surface area contributed by atoms with Crippen molar-refractivity contribution < 1.29 is 0 Å². The van der Waals surface area contributed by atoms with Crippen LogP contribution in [0.1, 0.15) is 47.6 Å². The first kappa shape index (κ1) is 15.5. The van der Waals surface area contributed by atoms with Crippen molar-refractivity contribution in [2.45, 2.75) is 53.1 Å². The lowest BCUT2D eigenvalue weighted by Gasteiger charge is -2.56. The Balaban J connectivity index is 2.10. The Kier molecular flexibility index (Phi) is 2.55. The van der Waals surface area contributed by atoms with Gasteiger partial charge in [0.25, 0.3) is 0 Å². The molecule has 128 valence electrons. The molecule has 5 rings (SSSR count). The van der Waals surface area contributed by atoms with Gasteiger partial charge in [-0.05, 0) is 27.5 Å². The maximum absolute atomic E-state index is 12.9. The van der Waals surface area contributed by atoms with Crippen molar-refractivity contribution in [2.75, 3.05) is 0 Å². The molecule has 0 N–H and O–H groups in total. The van der Waals surface area contributed by atoms with Gasteiger partial charge in [0.2, 0.25) is 0 Å². The van der Waals surface area contributed by atoms with Gasteiger partial charge in [0, 0.05) is 7.05 Å². The molecule has 0 fully saturated rings. The highest BCUT2D eigenvalue weighted by atomic mass is 16.2. The van der Waals surface area contributed by atoms with Crippen LogP contribution in [0.2, 0.25) is 0 Å². The quantitative estimate of drug-likeness (QED) is 0.688. The summed E-state index contributed by atoms with van der Waals surface area (Å²) in [4.78, 5) is 25.6. The zero-order valence-electron chi connectivity index (χ0n) is 15.5. The molecule has 0 spiro atoms. The molecule has 24 heavy (non-hydrogen) atoms. The monoisotopic (exact) mass is 327 g/mol. The fraction of sp³-hybridized carbons (Fsp3) is 0.579. The van der Waals surface area contributed by atoms with Crippen molar-refractivity contribution in [2.24, 2.45) is 17.9 Å². The second-order valence-corrected chi connectivity index (χ2v) is 9.24. The summed E-state index contributed by atoms with van der Waals surface area (Å²) in [6, 6.07) is -0.176. The largest absolute Gasteiger partial charge is 0.348 e. The number of hydrogen-bond donors (Lipinski definition) is 0. The molecular weight excluding hydrogens is 302 g/mol. The van der Waals surface area contributed by atoms with Gasteiger partial charge in [-0.15, -0.1) is 0 Å². The van der Waals surface area contributed by atoms with E-state index in [-0.39, 0.29) is 28.3 Å². The van der Waals surface area contributed by atoms with Gasteiger partial charge in [0.15, 0.2) is 0 Å². The molecule has 1 aromatic heterocycles. The third-order valence-corrected chi connectivity index (χ3v) is 5.81. The van der Waals surface area contributed by atoms with Gasteiger partial charge in [-0.3, -0.25) is 0 Å². The predicted octanol–water partition coefficient (Wildman–Crippen LogP) is 2.50. The van der Waals surface area contributed by atoms with Gasteiger partial charge in [0.1, 0.15) is 5.54 Å². The topological polar surface area (TPSA) is 48.9 Å². The molecule has 0 saturated carbocycles. The molecule has 2 atom stereocenters. The van der Waals surface area contributed by atoms with Crippen molar-refractivity contribution in [3.63, 3.8) is 0 Å². The molecule has 2 unspecified atom stereocenters. The van der Waals surface area contributed by atoms with E-state index >= 15 is 0 Å². The summed E-state index contributed by atoms with van der Waals surface area (Å²) in [5.41, 5.74) is 2.40. The van der Waals surface area contributed by atoms with Crippen molar-refractivity contribution in [3.05, 3.63) is 55.9 Å². The van der Waals surface area contributed by atoms with E-state index in [1.165, 1.54) is 21.3 Å². The molecule has 0 amide bonds. The molecule has 5 nitrogen and oxygen atoms in total. The van der Waals surface area contributed by atoms with Crippen LogP contribution < -0.4 is 11.4 Å². The minimum absolute atomic E-state index is 0.0206. The first-order valence-corrected chi connectivity index (χ1v) is 8.50. The standard InChI is InChI=1S/C19H25N3O2/c1-17(2,3)11-10-12-14(11)13-8-9-19(12,18(4,5)6)22-16(24)20(7)15(23)21(13)22/h8-10,13H,1-7H3. The van der Waals surface area contributed by atoms with Crippen molar-refractivity contribution in [3.8, 4) is 0 Å². The zero-order chi connectivity index (χ0) is 17.8. The second-order valence-electron chi connectivity index (χ2n) is 9.24. The lowest BCUT2D eigenvalue weighted by molar-refractivity contribution is 0.119. The summed E-state index contributed by atoms with van der Waals surface area (Å²) < 4.78 is 4.57. The van der Waals surface area contributed by atoms with Crippen molar-refractivity contribution >= 4 is 0 Å². The van der Waals surface area contributed by atoms with E-state index in [2.05, 4.69) is 59.8 Å². The van der Waals surface area contributed by atoms with E-state index < -0.39 is 5.54 Å². The van der Waals surface area contributed by atoms with E-state index in [1.54, 1.807) is 16.4 Å². The first-order chi connectivity index (χ1) is 10.9. The Bertz CT molecular complexity index is 980. The Morgan fingerprint density at radius 1 is 1.04 bits per heavy atom. The summed E-state index contributed by atoms with van der Waals surface area (Å²) in [5, 5.41) is 0. The number of allylic oxidation sites excluding steroid dienone is 6. The lowest BCUT2D eigenvalue weighted by Crippen LogP contribution is -2.60. The van der Waals surface area contributed by atoms with Gasteiger partial charge in [-0.25, -0.2) is 23.5 Å². The Hall–Kier alpha value is -2.04. The minimum Gasteiger partial charge on any atom is -0.246 e. The average Bonchev–Trinajstić information content (AvgIpc) is 2.62. The summed E-state index contributed by atoms with van der Waals surface area (Å²) in [6.45, 7) is 13.0. The summed E-state index contributed by atoms with van der Waals surface area (Å²) >= 11 is 0. The molecule has 0 radical (unpaired) electrons. The van der Waals surface area contributed by atoms with E-state index in [0.717, 1.165) is 0 Å². The third-order valence-electron chi connectivity index (χ3n) is 5.81. The van der Waals surface area contributed by atoms with Crippen molar-refractivity contribution in [1.82, 2.24) is 13.9 Å². The van der Waals surface area contributed by atoms with Crippen LogP contribution in [0.3, 0.4) is 0 Å². The number of rotatable bonds is 0. The van der Waals surface area contributed by atoms with Crippen LogP contribution in [0, 0.1) is 10.8 Å². The Morgan fingerprint density at radius 3 is 2.21 bits per heavy atom. The van der Waals surface area contributed by atoms with Crippen LogP contribution in [0.25, 0.3) is 0 Å². The maximum atomic E-state index is 12.9. The summed E-state index contributed by atoms with van der Waals surface area (Å²) in [7, 11) is 1.56. The van der Waals surface area contributed by atoms with Crippen LogP contribution in [0.4, 0.5) is 0 Å². The SMILES string of the molecule is Cn1c(=O)n2n(c1=O)C1(C(C)(C)C)C=CC2C2=C1C=C2C(C)(C)C. The third kappa shape index (κ3) is 1.42. The normalized spacial score (nSPS) is 27.8. The molecular formula is C19H25N3O2. The van der Waals surface area contributed by atoms with E-state index in [4.69, 9.17) is 0 Å². The second kappa shape index (κ2) is 3.95. The highest BCUT2D eigenvalue weighted by Gasteiger charge is 2.58. The highest BCUT2D eigenvalue weighted by Crippen LogP contribution is 2.60. The molecule has 5 heteroatoms. The summed E-state index contributed by atoms with van der Waals surface area (Å²) in [6.07, 6.45) is 6.47. The molecule has 3 heterocycles. The Labute approximate surface area is 141 Å². The molecule has 4 aliphatic rings. The molecule has 1 aromatic rings.